The van der Waals surface area contributed by atoms with Crippen molar-refractivity contribution in [2.24, 2.45) is 0 Å². The van der Waals surface area contributed by atoms with Gasteiger partial charge in [0.15, 0.2) is 5.69 Å². The molecule has 6 nitrogen and oxygen atoms in total. The van der Waals surface area contributed by atoms with Crippen LogP contribution in [0.25, 0.3) is 5.69 Å². The first-order chi connectivity index (χ1) is 16.9. The smallest absolute Gasteiger partial charge is 0.435 e. The minimum absolute atomic E-state index is 0.133. The Bertz CT molecular complexity index is 1350. The maximum Gasteiger partial charge on any atom is 0.435 e. The highest BCUT2D eigenvalue weighted by Gasteiger charge is 2.45. The van der Waals surface area contributed by atoms with Gasteiger partial charge in [-0.1, -0.05) is 66.7 Å². The number of halogens is 3. The summed E-state index contributed by atoms with van der Waals surface area (Å²) >= 11 is 0. The standard InChI is InChI=1S/C26H18F3N3O3/c27-26(28,29)23-21-22(18-10-4-1-5-11-18)31(35-25(33)19-12-6-2-7-13-19)16-17-34-24(21)32(30-23)20-14-8-3-9-15-20/h1-17,22H. The molecule has 0 aliphatic carbocycles. The molecule has 5 rings (SSSR count). The number of nitrogens with zero attached hydrogens (tertiary/aromatic N) is 3. The first-order valence-electron chi connectivity index (χ1n) is 10.6. The van der Waals surface area contributed by atoms with Gasteiger partial charge in [-0.15, -0.1) is 0 Å². The van der Waals surface area contributed by atoms with Crippen LogP contribution in [0.3, 0.4) is 0 Å². The van der Waals surface area contributed by atoms with Gasteiger partial charge >= 0.3 is 12.1 Å². The third-order valence-electron chi connectivity index (χ3n) is 5.38. The SMILES string of the molecule is O=C(ON1C=COc2c(c(C(F)(F)F)nn2-c2ccccc2)C1c1ccccc1)c1ccccc1. The van der Waals surface area contributed by atoms with Crippen molar-refractivity contribution in [2.45, 2.75) is 12.2 Å². The van der Waals surface area contributed by atoms with E-state index in [1.54, 1.807) is 91.0 Å². The molecule has 0 N–H and O–H groups in total. The van der Waals surface area contributed by atoms with Crippen LogP contribution in [0.5, 0.6) is 5.88 Å². The highest BCUT2D eigenvalue weighted by Crippen LogP contribution is 2.45. The second-order valence-corrected chi connectivity index (χ2v) is 7.63. The third kappa shape index (κ3) is 4.35. The summed E-state index contributed by atoms with van der Waals surface area (Å²) in [6.45, 7) is 0. The number of ether oxygens (including phenoxy) is 1. The highest BCUT2D eigenvalue weighted by atomic mass is 19.4. The van der Waals surface area contributed by atoms with E-state index >= 15 is 0 Å². The Hall–Kier alpha value is -4.53. The second kappa shape index (κ2) is 9.02. The Kier molecular flexibility index (Phi) is 5.74. The van der Waals surface area contributed by atoms with E-state index in [1.807, 2.05) is 0 Å². The molecule has 2 heterocycles. The van der Waals surface area contributed by atoms with E-state index in [0.717, 1.165) is 9.75 Å². The fourth-order valence-electron chi connectivity index (χ4n) is 3.85. The summed E-state index contributed by atoms with van der Waals surface area (Å²) in [7, 11) is 0. The molecule has 9 heteroatoms. The minimum atomic E-state index is -4.81. The first kappa shape index (κ1) is 22.3. The molecule has 1 aromatic heterocycles. The summed E-state index contributed by atoms with van der Waals surface area (Å²) in [5.41, 5.74) is -0.348. The predicted molar refractivity (Wildman–Crippen MR) is 120 cm³/mol. The van der Waals surface area contributed by atoms with Gasteiger partial charge in [0.05, 0.1) is 23.0 Å². The van der Waals surface area contributed by atoms with Crippen LogP contribution in [0.2, 0.25) is 0 Å². The Morgan fingerprint density at radius 3 is 2.11 bits per heavy atom. The van der Waals surface area contributed by atoms with Gasteiger partial charge in [0.1, 0.15) is 12.3 Å². The van der Waals surface area contributed by atoms with Gasteiger partial charge in [0.25, 0.3) is 0 Å². The molecule has 1 unspecified atom stereocenters. The van der Waals surface area contributed by atoms with E-state index in [0.29, 0.717) is 11.3 Å². The van der Waals surface area contributed by atoms with Gasteiger partial charge in [0, 0.05) is 0 Å². The van der Waals surface area contributed by atoms with Crippen LogP contribution >= 0.6 is 0 Å². The zero-order chi connectivity index (χ0) is 24.4. The first-order valence-corrected chi connectivity index (χ1v) is 10.6. The lowest BCUT2D eigenvalue weighted by Crippen LogP contribution is -2.29. The number of hydroxylamine groups is 2. The van der Waals surface area contributed by atoms with Crippen molar-refractivity contribution in [2.75, 3.05) is 0 Å². The van der Waals surface area contributed by atoms with Crippen molar-refractivity contribution >= 4 is 5.97 Å². The molecule has 0 fully saturated rings. The number of para-hydroxylation sites is 1. The monoisotopic (exact) mass is 477 g/mol. The molecular formula is C26H18F3N3O3. The Labute approximate surface area is 198 Å². The molecule has 0 saturated carbocycles. The lowest BCUT2D eigenvalue weighted by atomic mass is 9.98. The average molecular weight is 477 g/mol. The van der Waals surface area contributed by atoms with Gasteiger partial charge in [0.2, 0.25) is 5.88 Å². The maximum absolute atomic E-state index is 14.3. The molecule has 3 aromatic carbocycles. The lowest BCUT2D eigenvalue weighted by molar-refractivity contribution is -0.144. The molecule has 35 heavy (non-hydrogen) atoms. The minimum Gasteiger partial charge on any atom is -0.445 e. The molecule has 0 saturated heterocycles. The average Bonchev–Trinajstić information content (AvgIpc) is 3.16. The summed E-state index contributed by atoms with van der Waals surface area (Å²) in [5.74, 6) is -0.865. The van der Waals surface area contributed by atoms with Crippen LogP contribution in [-0.2, 0) is 11.0 Å². The van der Waals surface area contributed by atoms with Crippen LogP contribution in [0, 0.1) is 0 Å². The maximum atomic E-state index is 14.3. The normalized spacial score (nSPS) is 15.2. The number of hydrogen-bond donors (Lipinski definition) is 0. The van der Waals surface area contributed by atoms with E-state index in [1.165, 1.54) is 12.5 Å². The van der Waals surface area contributed by atoms with Crippen LogP contribution in [0.4, 0.5) is 13.2 Å². The summed E-state index contributed by atoms with van der Waals surface area (Å²) in [6, 6.07) is 23.8. The van der Waals surface area contributed by atoms with E-state index in [2.05, 4.69) is 5.10 Å². The van der Waals surface area contributed by atoms with Crippen molar-refractivity contribution < 1.29 is 27.5 Å². The van der Waals surface area contributed by atoms with Crippen LogP contribution in [0.15, 0.2) is 103 Å². The van der Waals surface area contributed by atoms with E-state index in [9.17, 15) is 18.0 Å². The Balaban J connectivity index is 1.69. The molecule has 0 bridgehead atoms. The summed E-state index contributed by atoms with van der Waals surface area (Å²) < 4.78 is 49.7. The fraction of sp³-hybridized carbons (Fsp3) is 0.0769. The predicted octanol–water partition coefficient (Wildman–Crippen LogP) is 5.92. The molecule has 0 amide bonds. The molecule has 1 aliphatic rings. The summed E-state index contributed by atoms with van der Waals surface area (Å²) in [4.78, 5) is 18.4. The Morgan fingerprint density at radius 1 is 0.886 bits per heavy atom. The number of rotatable bonds is 4. The molecule has 0 radical (unpaired) electrons. The van der Waals surface area contributed by atoms with Crippen molar-refractivity contribution in [1.82, 2.24) is 14.8 Å². The van der Waals surface area contributed by atoms with Gasteiger partial charge in [-0.2, -0.15) is 28.0 Å². The molecule has 176 valence electrons. The molecule has 4 aromatic rings. The number of carbonyl (C=O) groups is 1. The van der Waals surface area contributed by atoms with Crippen molar-refractivity contribution in [3.63, 3.8) is 0 Å². The number of fused-ring (bicyclic) bond motifs is 1. The Morgan fingerprint density at radius 2 is 1.49 bits per heavy atom. The molecular weight excluding hydrogens is 459 g/mol. The molecule has 0 spiro atoms. The van der Waals surface area contributed by atoms with Crippen LogP contribution in [-0.4, -0.2) is 20.8 Å². The number of aromatic nitrogens is 2. The summed E-state index contributed by atoms with van der Waals surface area (Å²) in [5, 5.41) is 4.95. The largest absolute Gasteiger partial charge is 0.445 e. The number of benzene rings is 3. The number of carbonyl (C=O) groups excluding carboxylic acids is 1. The van der Waals surface area contributed by atoms with Gasteiger partial charge in [-0.3, -0.25) is 0 Å². The zero-order valence-corrected chi connectivity index (χ0v) is 18.1. The lowest BCUT2D eigenvalue weighted by Gasteiger charge is -2.28. The number of alkyl halides is 3. The van der Waals surface area contributed by atoms with Crippen LogP contribution < -0.4 is 4.74 Å². The topological polar surface area (TPSA) is 56.6 Å². The van der Waals surface area contributed by atoms with Gasteiger partial charge in [-0.05, 0) is 29.8 Å². The van der Waals surface area contributed by atoms with Crippen molar-refractivity contribution in [3.8, 4) is 11.6 Å². The molecule has 1 atom stereocenters. The number of hydrogen-bond acceptors (Lipinski definition) is 5. The van der Waals surface area contributed by atoms with Gasteiger partial charge in [-0.25, -0.2) is 4.79 Å². The quantitative estimate of drug-likeness (QED) is 0.365. The van der Waals surface area contributed by atoms with E-state index < -0.39 is 23.9 Å². The van der Waals surface area contributed by atoms with Crippen molar-refractivity contribution in [3.05, 3.63) is 126 Å². The fourth-order valence-corrected chi connectivity index (χ4v) is 3.85. The van der Waals surface area contributed by atoms with Crippen molar-refractivity contribution in [1.29, 1.82) is 0 Å². The second-order valence-electron chi connectivity index (χ2n) is 7.63. The summed E-state index contributed by atoms with van der Waals surface area (Å²) in [6.07, 6.45) is -2.35. The third-order valence-corrected chi connectivity index (χ3v) is 5.38. The van der Waals surface area contributed by atoms with E-state index in [4.69, 9.17) is 9.57 Å². The van der Waals surface area contributed by atoms with E-state index in [-0.39, 0.29) is 17.0 Å². The zero-order valence-electron chi connectivity index (χ0n) is 18.1. The van der Waals surface area contributed by atoms with Crippen LogP contribution in [0.1, 0.15) is 33.2 Å². The highest BCUT2D eigenvalue weighted by molar-refractivity contribution is 5.89. The molecule has 1 aliphatic heterocycles. The van der Waals surface area contributed by atoms with Gasteiger partial charge < -0.3 is 9.57 Å².